The minimum atomic E-state index is -0.0824. The lowest BCUT2D eigenvalue weighted by Crippen LogP contribution is -1.89. The highest BCUT2D eigenvalue weighted by Crippen LogP contribution is 2.22. The summed E-state index contributed by atoms with van der Waals surface area (Å²) in [5.74, 6) is 0. The van der Waals surface area contributed by atoms with Crippen LogP contribution in [0.1, 0.15) is 5.56 Å². The molecule has 0 bridgehead atoms. The van der Waals surface area contributed by atoms with Crippen LogP contribution < -0.4 is 0 Å². The summed E-state index contributed by atoms with van der Waals surface area (Å²) in [5.41, 5.74) is 2.48. The van der Waals surface area contributed by atoms with Crippen molar-refractivity contribution in [3.05, 3.63) is 53.2 Å². The molecule has 0 atom stereocenters. The van der Waals surface area contributed by atoms with Crippen molar-refractivity contribution in [1.29, 1.82) is 0 Å². The molecule has 0 saturated carbocycles. The number of halogens is 1. The van der Waals surface area contributed by atoms with Gasteiger partial charge >= 0.3 is 0 Å². The van der Waals surface area contributed by atoms with Crippen molar-refractivity contribution < 1.29 is 5.11 Å². The van der Waals surface area contributed by atoms with E-state index in [1.54, 1.807) is 12.3 Å². The second-order valence-corrected chi connectivity index (χ2v) is 3.59. The van der Waals surface area contributed by atoms with Gasteiger partial charge in [-0.05, 0) is 6.07 Å². The third-order valence-electron chi connectivity index (χ3n) is 2.17. The quantitative estimate of drug-likeness (QED) is 0.843. The van der Waals surface area contributed by atoms with Crippen molar-refractivity contribution in [1.82, 2.24) is 4.98 Å². The normalized spacial score (nSPS) is 10.3. The van der Waals surface area contributed by atoms with E-state index in [0.29, 0.717) is 10.6 Å². The summed E-state index contributed by atoms with van der Waals surface area (Å²) >= 11 is 5.98. The van der Waals surface area contributed by atoms with Crippen LogP contribution >= 0.6 is 11.6 Å². The lowest BCUT2D eigenvalue weighted by molar-refractivity contribution is 0.281. The number of aliphatic hydroxyl groups excluding tert-OH is 1. The van der Waals surface area contributed by atoms with E-state index in [-0.39, 0.29) is 6.61 Å². The fourth-order valence-electron chi connectivity index (χ4n) is 1.34. The minimum absolute atomic E-state index is 0.0824. The maximum Gasteiger partial charge on any atom is 0.0717 e. The first-order valence-electron chi connectivity index (χ1n) is 4.62. The largest absolute Gasteiger partial charge is 0.392 e. The average Bonchev–Trinajstić information content (AvgIpc) is 2.30. The van der Waals surface area contributed by atoms with E-state index in [2.05, 4.69) is 4.98 Å². The van der Waals surface area contributed by atoms with Crippen LogP contribution in [0.3, 0.4) is 0 Å². The summed E-state index contributed by atoms with van der Waals surface area (Å²) in [6.07, 6.45) is 1.60. The van der Waals surface area contributed by atoms with Crippen LogP contribution in [0.15, 0.2) is 42.6 Å². The number of nitrogens with zero attached hydrogens (tertiary/aromatic N) is 1. The van der Waals surface area contributed by atoms with E-state index in [1.165, 1.54) is 0 Å². The molecule has 2 aromatic rings. The van der Waals surface area contributed by atoms with Gasteiger partial charge in [-0.25, -0.2) is 0 Å². The van der Waals surface area contributed by atoms with Gasteiger partial charge in [-0.1, -0.05) is 41.9 Å². The van der Waals surface area contributed by atoms with E-state index in [1.807, 2.05) is 30.3 Å². The molecular weight excluding hydrogens is 210 g/mol. The standard InChI is InChI=1S/C12H10ClNO/c13-11-6-12(14-7-10(11)8-15)9-4-2-1-3-5-9/h1-7,15H,8H2. The van der Waals surface area contributed by atoms with Gasteiger partial charge in [-0.3, -0.25) is 4.98 Å². The third kappa shape index (κ3) is 2.17. The summed E-state index contributed by atoms with van der Waals surface area (Å²) < 4.78 is 0. The summed E-state index contributed by atoms with van der Waals surface area (Å²) in [4.78, 5) is 4.24. The summed E-state index contributed by atoms with van der Waals surface area (Å²) in [5, 5.41) is 9.50. The molecule has 0 aliphatic rings. The molecule has 0 fully saturated rings. The van der Waals surface area contributed by atoms with Gasteiger partial charge in [-0.2, -0.15) is 0 Å². The molecule has 1 N–H and O–H groups in total. The Kier molecular flexibility index (Phi) is 2.99. The first-order chi connectivity index (χ1) is 7.31. The van der Waals surface area contributed by atoms with Gasteiger partial charge in [0.1, 0.15) is 0 Å². The molecule has 76 valence electrons. The zero-order chi connectivity index (χ0) is 10.7. The van der Waals surface area contributed by atoms with Gasteiger partial charge in [0.15, 0.2) is 0 Å². The second kappa shape index (κ2) is 4.43. The van der Waals surface area contributed by atoms with Crippen molar-refractivity contribution in [3.63, 3.8) is 0 Å². The fourth-order valence-corrected chi connectivity index (χ4v) is 1.55. The Bertz CT molecular complexity index is 456. The van der Waals surface area contributed by atoms with Gasteiger partial charge in [0, 0.05) is 22.3 Å². The van der Waals surface area contributed by atoms with Gasteiger partial charge in [-0.15, -0.1) is 0 Å². The minimum Gasteiger partial charge on any atom is -0.392 e. The molecule has 15 heavy (non-hydrogen) atoms. The maximum atomic E-state index is 8.96. The Morgan fingerprint density at radius 3 is 2.53 bits per heavy atom. The van der Waals surface area contributed by atoms with Crippen LogP contribution in [0, 0.1) is 0 Å². The van der Waals surface area contributed by atoms with Crippen molar-refractivity contribution in [2.45, 2.75) is 6.61 Å². The summed E-state index contributed by atoms with van der Waals surface area (Å²) in [6.45, 7) is -0.0824. The molecular formula is C12H10ClNO. The molecule has 2 nitrogen and oxygen atoms in total. The molecule has 0 aliphatic carbocycles. The average molecular weight is 220 g/mol. The zero-order valence-electron chi connectivity index (χ0n) is 8.02. The molecule has 1 aromatic carbocycles. The van der Waals surface area contributed by atoms with Crippen LogP contribution in [-0.2, 0) is 6.61 Å². The van der Waals surface area contributed by atoms with E-state index in [0.717, 1.165) is 11.3 Å². The number of rotatable bonds is 2. The lowest BCUT2D eigenvalue weighted by Gasteiger charge is -2.03. The number of aliphatic hydroxyl groups is 1. The Balaban J connectivity index is 2.43. The molecule has 3 heteroatoms. The molecule has 1 aromatic heterocycles. The monoisotopic (exact) mass is 219 g/mol. The molecule has 2 rings (SSSR count). The number of hydrogen-bond donors (Lipinski definition) is 1. The van der Waals surface area contributed by atoms with E-state index in [9.17, 15) is 0 Å². The van der Waals surface area contributed by atoms with E-state index < -0.39 is 0 Å². The number of benzene rings is 1. The van der Waals surface area contributed by atoms with Crippen LogP contribution in [-0.4, -0.2) is 10.1 Å². The van der Waals surface area contributed by atoms with Crippen LogP contribution in [0.4, 0.5) is 0 Å². The highest BCUT2D eigenvalue weighted by molar-refractivity contribution is 6.31. The second-order valence-electron chi connectivity index (χ2n) is 3.19. The highest BCUT2D eigenvalue weighted by Gasteiger charge is 2.03. The van der Waals surface area contributed by atoms with Crippen LogP contribution in [0.25, 0.3) is 11.3 Å². The Labute approximate surface area is 93.2 Å². The van der Waals surface area contributed by atoms with Gasteiger partial charge in [0.05, 0.1) is 12.3 Å². The van der Waals surface area contributed by atoms with E-state index >= 15 is 0 Å². The van der Waals surface area contributed by atoms with E-state index in [4.69, 9.17) is 16.7 Å². The van der Waals surface area contributed by atoms with Crippen molar-refractivity contribution in [3.8, 4) is 11.3 Å². The topological polar surface area (TPSA) is 33.1 Å². The Morgan fingerprint density at radius 2 is 1.93 bits per heavy atom. The molecule has 0 radical (unpaired) electrons. The molecule has 0 amide bonds. The summed E-state index contributed by atoms with van der Waals surface area (Å²) in [7, 11) is 0. The third-order valence-corrected chi connectivity index (χ3v) is 2.52. The van der Waals surface area contributed by atoms with Crippen molar-refractivity contribution in [2.75, 3.05) is 0 Å². The molecule has 0 aliphatic heterocycles. The Morgan fingerprint density at radius 1 is 1.20 bits per heavy atom. The van der Waals surface area contributed by atoms with Gasteiger partial charge < -0.3 is 5.11 Å². The first-order valence-corrected chi connectivity index (χ1v) is 5.00. The molecule has 0 spiro atoms. The van der Waals surface area contributed by atoms with Gasteiger partial charge in [0.25, 0.3) is 0 Å². The number of hydrogen-bond acceptors (Lipinski definition) is 2. The fraction of sp³-hybridized carbons (Fsp3) is 0.0833. The SMILES string of the molecule is OCc1cnc(-c2ccccc2)cc1Cl. The molecule has 0 saturated heterocycles. The first kappa shape index (κ1) is 10.1. The number of aromatic nitrogens is 1. The van der Waals surface area contributed by atoms with Crippen molar-refractivity contribution in [2.24, 2.45) is 0 Å². The highest BCUT2D eigenvalue weighted by atomic mass is 35.5. The molecule has 1 heterocycles. The molecule has 0 unspecified atom stereocenters. The zero-order valence-corrected chi connectivity index (χ0v) is 8.78. The summed E-state index contributed by atoms with van der Waals surface area (Å²) in [6, 6.07) is 11.6. The lowest BCUT2D eigenvalue weighted by atomic mass is 10.1. The predicted octanol–water partition coefficient (Wildman–Crippen LogP) is 2.89. The van der Waals surface area contributed by atoms with Crippen molar-refractivity contribution >= 4 is 11.6 Å². The predicted molar refractivity (Wildman–Crippen MR) is 60.6 cm³/mol. The van der Waals surface area contributed by atoms with Gasteiger partial charge in [0.2, 0.25) is 0 Å². The number of pyridine rings is 1. The Hall–Kier alpha value is -1.38. The smallest absolute Gasteiger partial charge is 0.0717 e. The van der Waals surface area contributed by atoms with Crippen LogP contribution in [0.2, 0.25) is 5.02 Å². The maximum absolute atomic E-state index is 8.96. The van der Waals surface area contributed by atoms with Crippen LogP contribution in [0.5, 0.6) is 0 Å².